The van der Waals surface area contributed by atoms with Gasteiger partial charge >= 0.3 is 0 Å². The molecule has 312 valence electrons. The first kappa shape index (κ1) is 42.8. The Morgan fingerprint density at radius 3 is 2.11 bits per heavy atom. The molecule has 0 aromatic heterocycles. The highest BCUT2D eigenvalue weighted by atomic mass is 16.7. The summed E-state index contributed by atoms with van der Waals surface area (Å²) >= 11 is 0. The lowest BCUT2D eigenvalue weighted by molar-refractivity contribution is -0.346. The second-order valence-corrected chi connectivity index (χ2v) is 19.8. The van der Waals surface area contributed by atoms with Gasteiger partial charge in [-0.3, -0.25) is 0 Å². The average Bonchev–Trinajstić information content (AvgIpc) is 3.47. The lowest BCUT2D eigenvalue weighted by Crippen LogP contribution is -2.70. The van der Waals surface area contributed by atoms with Gasteiger partial charge in [-0.05, 0) is 117 Å². The molecule has 20 atom stereocenters. The van der Waals surface area contributed by atoms with Gasteiger partial charge in [0.15, 0.2) is 12.6 Å². The first-order valence-corrected chi connectivity index (χ1v) is 20.4. The lowest BCUT2D eigenvalue weighted by Gasteiger charge is -2.71. The lowest BCUT2D eigenvalue weighted by atomic mass is 9.34. The van der Waals surface area contributed by atoms with Crippen molar-refractivity contribution in [3.8, 4) is 0 Å². The van der Waals surface area contributed by atoms with Crippen LogP contribution in [0.25, 0.3) is 0 Å². The van der Waals surface area contributed by atoms with E-state index in [-0.39, 0.29) is 53.1 Å². The molecule has 9 N–H and O–H groups in total. The molecule has 6 fully saturated rings. The van der Waals surface area contributed by atoms with Crippen LogP contribution in [0.15, 0.2) is 11.6 Å². The number of hydrogen-bond acceptors (Lipinski definition) is 13. The summed E-state index contributed by atoms with van der Waals surface area (Å²) in [5, 5.41) is 99.1. The van der Waals surface area contributed by atoms with E-state index in [0.717, 1.165) is 24.8 Å². The van der Waals surface area contributed by atoms with Gasteiger partial charge in [0, 0.05) is 0 Å². The first-order valence-electron chi connectivity index (χ1n) is 20.4. The van der Waals surface area contributed by atoms with Gasteiger partial charge in [0.05, 0.1) is 37.1 Å². The summed E-state index contributed by atoms with van der Waals surface area (Å²) in [5.74, 6) is -0.398. The monoisotopic (exact) mass is 770 g/mol. The van der Waals surface area contributed by atoms with Crippen LogP contribution in [-0.4, -0.2) is 138 Å². The molecule has 0 spiro atoms. The zero-order valence-electron chi connectivity index (χ0n) is 33.5. The molecule has 13 nitrogen and oxygen atoms in total. The molecular formula is C41H70O13. The summed E-state index contributed by atoms with van der Waals surface area (Å²) in [5.41, 5.74) is -1.30. The highest BCUT2D eigenvalue weighted by Gasteiger charge is 2.73. The minimum absolute atomic E-state index is 0.109. The van der Waals surface area contributed by atoms with E-state index >= 15 is 0 Å². The van der Waals surface area contributed by atoms with Gasteiger partial charge in [-0.25, -0.2) is 0 Å². The molecule has 0 unspecified atom stereocenters. The molecule has 2 aliphatic heterocycles. The van der Waals surface area contributed by atoms with E-state index < -0.39 is 84.6 Å². The fourth-order valence-corrected chi connectivity index (χ4v) is 13.1. The molecule has 2 saturated heterocycles. The normalized spacial score (nSPS) is 52.8. The number of hydrogen-bond donors (Lipinski definition) is 9. The van der Waals surface area contributed by atoms with Crippen LogP contribution in [0.4, 0.5) is 0 Å². The maximum absolute atomic E-state index is 12.4. The molecule has 0 amide bonds. The average molecular weight is 771 g/mol. The molecule has 6 aliphatic rings. The topological polar surface area (TPSA) is 219 Å². The number of ether oxygens (including phenoxy) is 4. The van der Waals surface area contributed by atoms with Crippen molar-refractivity contribution in [1.29, 1.82) is 0 Å². The summed E-state index contributed by atoms with van der Waals surface area (Å²) in [6.07, 6.45) is -7.53. The maximum atomic E-state index is 12.4. The Kier molecular flexibility index (Phi) is 12.0. The van der Waals surface area contributed by atoms with Crippen molar-refractivity contribution in [2.75, 3.05) is 13.2 Å². The Hall–Kier alpha value is -0.780. The smallest absolute Gasteiger partial charge is 0.187 e. The van der Waals surface area contributed by atoms with Gasteiger partial charge in [-0.1, -0.05) is 46.3 Å². The van der Waals surface area contributed by atoms with Gasteiger partial charge < -0.3 is 64.9 Å². The standard InChI is InChI=1S/C41H70O13/c1-20(2)10-9-13-41(8,54-36-33(50)31(48)30(47)25(53-36)19-52-35-32(49)29(46)24(44)18-51-35)21-11-15-39(6)28(21)22(42)16-26-38(5)14-12-27(45)37(3,4)34(38)23(43)17-40(26,39)7/h10,21-36,42-50H,9,11-19H2,1-8H3/t21-,22+,23-,24+,25+,26+,27-,28-,29-,30+,31-,32+,33+,34-,35-,36-,38+,39+,40+,41-/m0/s1. The molecule has 2 heterocycles. The Bertz CT molecular complexity index is 1360. The Labute approximate surface area is 320 Å². The van der Waals surface area contributed by atoms with E-state index in [1.807, 2.05) is 20.8 Å². The highest BCUT2D eigenvalue weighted by Crippen LogP contribution is 2.76. The third kappa shape index (κ3) is 6.86. The van der Waals surface area contributed by atoms with Crippen molar-refractivity contribution in [2.45, 2.75) is 186 Å². The van der Waals surface area contributed by atoms with Gasteiger partial charge in [0.2, 0.25) is 0 Å². The van der Waals surface area contributed by atoms with Crippen molar-refractivity contribution in [2.24, 2.45) is 45.3 Å². The minimum atomic E-state index is -1.66. The van der Waals surface area contributed by atoms with Crippen LogP contribution in [0.2, 0.25) is 0 Å². The van der Waals surface area contributed by atoms with Crippen LogP contribution in [0.1, 0.15) is 107 Å². The van der Waals surface area contributed by atoms with Crippen molar-refractivity contribution >= 4 is 0 Å². The molecule has 0 bridgehead atoms. The Morgan fingerprint density at radius 1 is 0.778 bits per heavy atom. The van der Waals surface area contributed by atoms with E-state index in [1.165, 1.54) is 0 Å². The molecule has 0 aromatic rings. The summed E-state index contributed by atoms with van der Waals surface area (Å²) in [7, 11) is 0. The van der Waals surface area contributed by atoms with Crippen LogP contribution in [0.5, 0.6) is 0 Å². The summed E-state index contributed by atoms with van der Waals surface area (Å²) in [4.78, 5) is 0. The molecule has 0 radical (unpaired) electrons. The first-order chi connectivity index (χ1) is 25.0. The number of aliphatic hydroxyl groups is 9. The fourth-order valence-electron chi connectivity index (χ4n) is 13.1. The molecule has 54 heavy (non-hydrogen) atoms. The van der Waals surface area contributed by atoms with Crippen LogP contribution < -0.4 is 0 Å². The van der Waals surface area contributed by atoms with E-state index in [2.05, 4.69) is 40.7 Å². The summed E-state index contributed by atoms with van der Waals surface area (Å²) in [6, 6.07) is 0. The maximum Gasteiger partial charge on any atom is 0.187 e. The Balaban J connectivity index is 1.27. The van der Waals surface area contributed by atoms with Crippen LogP contribution in [-0.2, 0) is 18.9 Å². The highest BCUT2D eigenvalue weighted by molar-refractivity contribution is 5.22. The summed E-state index contributed by atoms with van der Waals surface area (Å²) < 4.78 is 24.0. The van der Waals surface area contributed by atoms with Crippen molar-refractivity contribution in [3.63, 3.8) is 0 Å². The second kappa shape index (κ2) is 15.1. The van der Waals surface area contributed by atoms with E-state index in [1.54, 1.807) is 0 Å². The molecule has 4 aliphatic carbocycles. The number of rotatable bonds is 9. The molecule has 13 heteroatoms. The van der Waals surface area contributed by atoms with Crippen molar-refractivity contribution in [1.82, 2.24) is 0 Å². The van der Waals surface area contributed by atoms with Gasteiger partial charge in [-0.2, -0.15) is 0 Å². The van der Waals surface area contributed by atoms with Crippen LogP contribution >= 0.6 is 0 Å². The zero-order valence-corrected chi connectivity index (χ0v) is 33.5. The molecular weight excluding hydrogens is 700 g/mol. The third-order valence-corrected chi connectivity index (χ3v) is 16.2. The summed E-state index contributed by atoms with van der Waals surface area (Å²) in [6.45, 7) is 16.4. The van der Waals surface area contributed by atoms with E-state index in [9.17, 15) is 46.0 Å². The fraction of sp³-hybridized carbons (Fsp3) is 0.951. The second-order valence-electron chi connectivity index (χ2n) is 19.8. The number of allylic oxidation sites excluding steroid dienone is 2. The molecule has 4 saturated carbocycles. The van der Waals surface area contributed by atoms with Gasteiger partial charge in [0.25, 0.3) is 0 Å². The minimum Gasteiger partial charge on any atom is -0.393 e. The van der Waals surface area contributed by atoms with Crippen molar-refractivity contribution in [3.05, 3.63) is 11.6 Å². The van der Waals surface area contributed by atoms with E-state index in [4.69, 9.17) is 18.9 Å². The number of aliphatic hydroxyl groups excluding tert-OH is 9. The quantitative estimate of drug-likeness (QED) is 0.153. The van der Waals surface area contributed by atoms with E-state index in [0.29, 0.717) is 32.1 Å². The van der Waals surface area contributed by atoms with Gasteiger partial charge in [-0.15, -0.1) is 0 Å². The molecule has 6 rings (SSSR count). The molecule has 0 aromatic carbocycles. The van der Waals surface area contributed by atoms with Gasteiger partial charge in [0.1, 0.15) is 42.7 Å². The van der Waals surface area contributed by atoms with Crippen LogP contribution in [0, 0.1) is 45.3 Å². The Morgan fingerprint density at radius 2 is 1.44 bits per heavy atom. The third-order valence-electron chi connectivity index (χ3n) is 16.2. The SMILES string of the molecule is CC(C)=CCC[C@](C)(O[C@@H]1O[C@H](CO[C@@H]2OC[C@@H](O)[C@H](O)[C@H]2O)[C@@H](O)[C@H](O)[C@H]1O)[C@H]1CC[C@]2(C)[C@@H]1[C@H](O)C[C@@H]1[C@@]3(C)CC[C@H](O)C(C)(C)[C@@H]3[C@@H](O)C[C@]12C. The number of fused-ring (bicyclic) bond motifs is 5. The largest absolute Gasteiger partial charge is 0.393 e. The predicted molar refractivity (Wildman–Crippen MR) is 196 cm³/mol. The zero-order chi connectivity index (χ0) is 39.9. The van der Waals surface area contributed by atoms with Crippen molar-refractivity contribution < 1.29 is 64.9 Å². The predicted octanol–water partition coefficient (Wildman–Crippen LogP) is 1.76. The van der Waals surface area contributed by atoms with Crippen LogP contribution in [0.3, 0.4) is 0 Å².